The van der Waals surface area contributed by atoms with Gasteiger partial charge in [-0.1, -0.05) is 40.2 Å². The summed E-state index contributed by atoms with van der Waals surface area (Å²) >= 11 is 2.88. The van der Waals surface area contributed by atoms with Gasteiger partial charge in [0.2, 0.25) is 0 Å². The molecular weight excluding hydrogens is 790 g/mol. The van der Waals surface area contributed by atoms with Gasteiger partial charge in [0.25, 0.3) is 11.8 Å². The number of ether oxygens (including phenoxy) is 1. The standard InChI is InChI=1S/C36H29BrF6N6O5/c1-20-16-48-29(17-47(20)33(52)21-6-11-27(37)26(14-21)35(38,39)40)31(32(51)45-15-22-4-2-3-5-25(22)28-12-13-44-19-46-28)49(34(48)53)23-7-9-24(10-8-23)54-18-30(50)36(41,42)43/h2-14,19-20,30,50H,15-18H2,1H3,(H,45,51)/t20-,30-/m1/s1. The normalized spacial score (nSPS) is 15.1. The maximum Gasteiger partial charge on any atom is 0.417 e. The SMILES string of the molecule is C[C@@H]1Cn2c(c(C(=O)NCc3ccccc3-c3ccncn3)n(-c3ccc(OC[C@@H](O)C(F)(F)F)cc3)c2=O)CN1C(=O)c1ccc(Br)c(C(F)(F)F)c1. The van der Waals surface area contributed by atoms with Crippen LogP contribution in [0.25, 0.3) is 16.9 Å². The van der Waals surface area contributed by atoms with Crippen LogP contribution in [-0.2, 0) is 25.8 Å². The molecular formula is C36H29BrF6N6O5. The number of alkyl halides is 6. The molecule has 0 aliphatic carbocycles. The van der Waals surface area contributed by atoms with Crippen LogP contribution in [0.1, 0.15) is 44.6 Å². The highest BCUT2D eigenvalue weighted by Crippen LogP contribution is 2.36. The van der Waals surface area contributed by atoms with E-state index in [1.54, 1.807) is 43.5 Å². The summed E-state index contributed by atoms with van der Waals surface area (Å²) in [7, 11) is 0. The summed E-state index contributed by atoms with van der Waals surface area (Å²) in [5.74, 6) is -1.57. The number of aliphatic hydroxyl groups excluding tert-OH is 1. The minimum Gasteiger partial charge on any atom is -0.491 e. The number of rotatable bonds is 9. The fraction of sp³-hybridized carbons (Fsp3) is 0.250. The van der Waals surface area contributed by atoms with Crippen molar-refractivity contribution in [3.8, 4) is 22.7 Å². The second kappa shape index (κ2) is 15.1. The van der Waals surface area contributed by atoms with Crippen LogP contribution in [0.4, 0.5) is 26.3 Å². The molecule has 2 amide bonds. The van der Waals surface area contributed by atoms with Crippen molar-refractivity contribution in [1.29, 1.82) is 0 Å². The van der Waals surface area contributed by atoms with Crippen molar-refractivity contribution < 1.29 is 45.8 Å². The zero-order chi connectivity index (χ0) is 38.9. The molecule has 3 aromatic carbocycles. The number of fused-ring (bicyclic) bond motifs is 1. The fourth-order valence-electron chi connectivity index (χ4n) is 6.00. The molecule has 2 N–H and O–H groups in total. The Balaban J connectivity index is 1.37. The number of aromatic nitrogens is 4. The van der Waals surface area contributed by atoms with Crippen LogP contribution in [0.5, 0.6) is 5.75 Å². The highest BCUT2D eigenvalue weighted by atomic mass is 79.9. The Hall–Kier alpha value is -5.49. The molecule has 0 radical (unpaired) electrons. The largest absolute Gasteiger partial charge is 0.491 e. The minimum absolute atomic E-state index is 0.0374. The highest BCUT2D eigenvalue weighted by Gasteiger charge is 2.39. The van der Waals surface area contributed by atoms with E-state index >= 15 is 0 Å². The van der Waals surface area contributed by atoms with Gasteiger partial charge in [-0.05, 0) is 61.0 Å². The number of hydrogen-bond acceptors (Lipinski definition) is 7. The summed E-state index contributed by atoms with van der Waals surface area (Å²) in [6, 6.07) is 16.4. The van der Waals surface area contributed by atoms with E-state index in [9.17, 15) is 45.8 Å². The molecule has 0 unspecified atom stereocenters. The van der Waals surface area contributed by atoms with Crippen LogP contribution in [0.3, 0.4) is 0 Å². The van der Waals surface area contributed by atoms with Gasteiger partial charge >= 0.3 is 18.0 Å². The third kappa shape index (κ3) is 7.89. The lowest BCUT2D eigenvalue weighted by Crippen LogP contribution is -2.47. The summed E-state index contributed by atoms with van der Waals surface area (Å²) in [5, 5.41) is 12.1. The van der Waals surface area contributed by atoms with Gasteiger partial charge in [-0.3, -0.25) is 18.7 Å². The summed E-state index contributed by atoms with van der Waals surface area (Å²) in [5.41, 5.74) is -0.0222. The van der Waals surface area contributed by atoms with Gasteiger partial charge < -0.3 is 20.1 Å². The van der Waals surface area contributed by atoms with Crippen molar-refractivity contribution in [3.05, 3.63) is 128 Å². The maximum atomic E-state index is 14.2. The number of benzene rings is 3. The molecule has 1 aliphatic rings. The number of halogens is 7. The second-order valence-corrected chi connectivity index (χ2v) is 13.1. The van der Waals surface area contributed by atoms with Gasteiger partial charge in [0.05, 0.1) is 29.2 Å². The number of nitrogens with one attached hydrogen (secondary N) is 1. The van der Waals surface area contributed by atoms with Gasteiger partial charge in [-0.15, -0.1) is 0 Å². The predicted molar refractivity (Wildman–Crippen MR) is 185 cm³/mol. The van der Waals surface area contributed by atoms with Crippen LogP contribution < -0.4 is 15.7 Å². The topological polar surface area (TPSA) is 132 Å². The van der Waals surface area contributed by atoms with Gasteiger partial charge in [0.15, 0.2) is 6.10 Å². The Morgan fingerprint density at radius 3 is 2.43 bits per heavy atom. The lowest BCUT2D eigenvalue weighted by molar-refractivity contribution is -0.210. The van der Waals surface area contributed by atoms with E-state index < -0.39 is 54.2 Å². The Bertz CT molecular complexity index is 2240. The Labute approximate surface area is 311 Å². The number of imidazole rings is 1. The van der Waals surface area contributed by atoms with E-state index in [0.717, 1.165) is 16.7 Å². The van der Waals surface area contributed by atoms with E-state index in [1.807, 2.05) is 0 Å². The Morgan fingerprint density at radius 2 is 1.76 bits per heavy atom. The smallest absolute Gasteiger partial charge is 0.417 e. The maximum absolute atomic E-state index is 14.2. The number of hydrogen-bond donors (Lipinski definition) is 2. The minimum atomic E-state index is -4.90. The average Bonchev–Trinajstić information content (AvgIpc) is 3.42. The number of carbonyl (C=O) groups excluding carboxylic acids is 2. The molecule has 0 saturated heterocycles. The highest BCUT2D eigenvalue weighted by molar-refractivity contribution is 9.10. The molecule has 11 nitrogen and oxygen atoms in total. The molecule has 5 aromatic rings. The number of aliphatic hydroxyl groups is 1. The quantitative estimate of drug-likeness (QED) is 0.171. The molecule has 1 aliphatic heterocycles. The monoisotopic (exact) mass is 818 g/mol. The fourth-order valence-corrected chi connectivity index (χ4v) is 6.47. The van der Waals surface area contributed by atoms with Gasteiger partial charge in [-0.2, -0.15) is 26.3 Å². The van der Waals surface area contributed by atoms with Crippen molar-refractivity contribution in [1.82, 2.24) is 29.3 Å². The molecule has 2 aromatic heterocycles. The number of carbonyl (C=O) groups is 2. The number of nitrogens with zero attached hydrogens (tertiary/aromatic N) is 5. The van der Waals surface area contributed by atoms with Crippen LogP contribution in [0.15, 0.2) is 94.6 Å². The molecule has 18 heteroatoms. The van der Waals surface area contributed by atoms with Crippen molar-refractivity contribution in [2.75, 3.05) is 6.61 Å². The van der Waals surface area contributed by atoms with E-state index in [1.165, 1.54) is 46.1 Å². The third-order valence-corrected chi connectivity index (χ3v) is 9.43. The summed E-state index contributed by atoms with van der Waals surface area (Å²) < 4.78 is 86.7. The average molecular weight is 820 g/mol. The van der Waals surface area contributed by atoms with Crippen LogP contribution in [-0.4, -0.2) is 65.9 Å². The van der Waals surface area contributed by atoms with E-state index in [4.69, 9.17) is 4.74 Å². The lowest BCUT2D eigenvalue weighted by Gasteiger charge is -2.34. The van der Waals surface area contributed by atoms with Crippen molar-refractivity contribution in [3.63, 3.8) is 0 Å². The first kappa shape index (κ1) is 38.2. The molecule has 6 rings (SSSR count). The van der Waals surface area contributed by atoms with E-state index in [-0.39, 0.29) is 52.5 Å². The molecule has 0 saturated carbocycles. The second-order valence-electron chi connectivity index (χ2n) is 12.3. The third-order valence-electron chi connectivity index (χ3n) is 8.73. The summed E-state index contributed by atoms with van der Waals surface area (Å²) in [4.78, 5) is 51.5. The van der Waals surface area contributed by atoms with Crippen molar-refractivity contribution in [2.45, 2.75) is 51.1 Å². The van der Waals surface area contributed by atoms with Crippen LogP contribution >= 0.6 is 15.9 Å². The molecule has 2 atom stereocenters. The zero-order valence-electron chi connectivity index (χ0n) is 28.0. The van der Waals surface area contributed by atoms with Crippen molar-refractivity contribution >= 4 is 27.7 Å². The molecule has 3 heterocycles. The Morgan fingerprint density at radius 1 is 1.04 bits per heavy atom. The van der Waals surface area contributed by atoms with E-state index in [0.29, 0.717) is 16.8 Å². The summed E-state index contributed by atoms with van der Waals surface area (Å²) in [6.07, 6.45) is -9.46. The van der Waals surface area contributed by atoms with Crippen LogP contribution in [0, 0.1) is 0 Å². The number of amides is 2. The van der Waals surface area contributed by atoms with E-state index in [2.05, 4.69) is 31.2 Å². The Kier molecular flexibility index (Phi) is 10.7. The summed E-state index contributed by atoms with van der Waals surface area (Å²) in [6.45, 7) is 0.0289. The zero-order valence-corrected chi connectivity index (χ0v) is 29.6. The molecule has 282 valence electrons. The first-order valence-corrected chi connectivity index (χ1v) is 17.0. The van der Waals surface area contributed by atoms with Crippen molar-refractivity contribution in [2.24, 2.45) is 0 Å². The lowest BCUT2D eigenvalue weighted by atomic mass is 10.0. The van der Waals surface area contributed by atoms with Gasteiger partial charge in [0, 0.05) is 40.9 Å². The van der Waals surface area contributed by atoms with Gasteiger partial charge in [-0.25, -0.2) is 14.8 Å². The van der Waals surface area contributed by atoms with Gasteiger partial charge in [0.1, 0.15) is 24.4 Å². The molecule has 0 fully saturated rings. The molecule has 0 spiro atoms. The van der Waals surface area contributed by atoms with Crippen LogP contribution in [0.2, 0.25) is 0 Å². The first-order chi connectivity index (χ1) is 25.5. The molecule has 54 heavy (non-hydrogen) atoms. The predicted octanol–water partition coefficient (Wildman–Crippen LogP) is 6.15. The molecule has 0 bridgehead atoms. The first-order valence-electron chi connectivity index (χ1n) is 16.2.